The molecule has 3 aromatic rings. The quantitative estimate of drug-likeness (QED) is 0.481. The minimum atomic E-state index is -0.472. The fraction of sp³-hybridized carbons (Fsp3) is 0.158. The second kappa shape index (κ2) is 8.06. The molecule has 0 N–H and O–H groups in total. The van der Waals surface area contributed by atoms with Gasteiger partial charge in [-0.2, -0.15) is 0 Å². The van der Waals surface area contributed by atoms with Crippen molar-refractivity contribution in [2.45, 2.75) is 19.5 Å². The Kier molecular flexibility index (Phi) is 5.38. The molecule has 7 nitrogen and oxygen atoms in total. The number of hydrogen-bond donors (Lipinski definition) is 0. The number of rotatable bonds is 7. The number of para-hydroxylation sites is 1. The number of nitrogens with zero attached hydrogens (tertiary/aromatic N) is 3. The van der Waals surface area contributed by atoms with Crippen molar-refractivity contribution in [1.82, 2.24) is 9.88 Å². The van der Waals surface area contributed by atoms with Gasteiger partial charge in [0, 0.05) is 30.6 Å². The molecule has 132 valence electrons. The molecule has 26 heavy (non-hydrogen) atoms. The molecule has 0 fully saturated rings. The van der Waals surface area contributed by atoms with Crippen molar-refractivity contribution in [2.24, 2.45) is 0 Å². The lowest BCUT2D eigenvalue weighted by molar-refractivity contribution is -0.385. The summed E-state index contributed by atoms with van der Waals surface area (Å²) in [6, 6.07) is 13.5. The van der Waals surface area contributed by atoms with Crippen LogP contribution in [0.5, 0.6) is 0 Å². The monoisotopic (exact) mass is 351 g/mol. The number of aromatic nitrogens is 1. The maximum atomic E-state index is 12.9. The maximum Gasteiger partial charge on any atom is 0.273 e. The van der Waals surface area contributed by atoms with Gasteiger partial charge in [-0.25, -0.2) is 0 Å². The van der Waals surface area contributed by atoms with Crippen LogP contribution in [0.3, 0.4) is 0 Å². The Morgan fingerprint density at radius 3 is 2.65 bits per heavy atom. The number of benzene rings is 1. The lowest BCUT2D eigenvalue weighted by Gasteiger charge is -2.22. The molecular formula is C19H17N3O4. The van der Waals surface area contributed by atoms with E-state index in [-0.39, 0.29) is 24.6 Å². The molecule has 0 bridgehead atoms. The summed E-state index contributed by atoms with van der Waals surface area (Å²) in [4.78, 5) is 29.2. The topological polar surface area (TPSA) is 89.5 Å². The number of carbonyl (C=O) groups excluding carboxylic acids is 1. The van der Waals surface area contributed by atoms with Crippen molar-refractivity contribution in [3.8, 4) is 0 Å². The van der Waals surface area contributed by atoms with E-state index in [4.69, 9.17) is 4.42 Å². The zero-order valence-electron chi connectivity index (χ0n) is 13.9. The lowest BCUT2D eigenvalue weighted by Crippen LogP contribution is -2.31. The average Bonchev–Trinajstić information content (AvgIpc) is 3.15. The number of nitro benzene ring substituents is 1. The van der Waals surface area contributed by atoms with E-state index in [1.807, 2.05) is 6.07 Å². The Morgan fingerprint density at radius 1 is 1.12 bits per heavy atom. The normalized spacial score (nSPS) is 10.5. The van der Waals surface area contributed by atoms with Gasteiger partial charge in [0.15, 0.2) is 0 Å². The van der Waals surface area contributed by atoms with Crippen molar-refractivity contribution in [3.63, 3.8) is 0 Å². The summed E-state index contributed by atoms with van der Waals surface area (Å²) in [6.45, 7) is 0.620. The van der Waals surface area contributed by atoms with Crippen LogP contribution in [0.4, 0.5) is 5.69 Å². The van der Waals surface area contributed by atoms with Crippen LogP contribution in [-0.4, -0.2) is 20.7 Å². The molecule has 0 aliphatic rings. The Balaban J connectivity index is 1.81. The van der Waals surface area contributed by atoms with Crippen molar-refractivity contribution in [1.29, 1.82) is 0 Å². The molecule has 1 amide bonds. The SMILES string of the molecule is O=C(Cc1ccccc1[N+](=O)[O-])N(Cc1cccnc1)Cc1ccco1. The van der Waals surface area contributed by atoms with E-state index in [0.717, 1.165) is 5.56 Å². The van der Waals surface area contributed by atoms with Crippen LogP contribution in [0, 0.1) is 10.1 Å². The third-order valence-corrected chi connectivity index (χ3v) is 3.91. The van der Waals surface area contributed by atoms with E-state index in [0.29, 0.717) is 17.9 Å². The van der Waals surface area contributed by atoms with E-state index in [1.54, 1.807) is 60.0 Å². The van der Waals surface area contributed by atoms with Gasteiger partial charge < -0.3 is 9.32 Å². The fourth-order valence-corrected chi connectivity index (χ4v) is 2.65. The molecule has 0 unspecified atom stereocenters. The van der Waals surface area contributed by atoms with Gasteiger partial charge in [0.1, 0.15) is 5.76 Å². The van der Waals surface area contributed by atoms with E-state index >= 15 is 0 Å². The highest BCUT2D eigenvalue weighted by molar-refractivity contribution is 5.80. The van der Waals surface area contributed by atoms with Crippen LogP contribution < -0.4 is 0 Å². The van der Waals surface area contributed by atoms with Crippen LogP contribution in [0.25, 0.3) is 0 Å². The van der Waals surface area contributed by atoms with Gasteiger partial charge in [-0.15, -0.1) is 0 Å². The molecule has 1 aromatic carbocycles. The molecule has 0 aliphatic heterocycles. The van der Waals surface area contributed by atoms with Crippen molar-refractivity contribution in [2.75, 3.05) is 0 Å². The van der Waals surface area contributed by atoms with Crippen molar-refractivity contribution in [3.05, 3.63) is 94.2 Å². The number of amides is 1. The summed E-state index contributed by atoms with van der Waals surface area (Å²) in [5.41, 5.74) is 1.20. The molecule has 0 radical (unpaired) electrons. The zero-order valence-corrected chi connectivity index (χ0v) is 13.9. The van der Waals surface area contributed by atoms with Crippen LogP contribution in [0.1, 0.15) is 16.9 Å². The van der Waals surface area contributed by atoms with Gasteiger partial charge in [-0.3, -0.25) is 19.9 Å². The highest BCUT2D eigenvalue weighted by Gasteiger charge is 2.21. The molecular weight excluding hydrogens is 334 g/mol. The fourth-order valence-electron chi connectivity index (χ4n) is 2.65. The zero-order chi connectivity index (χ0) is 18.4. The first kappa shape index (κ1) is 17.3. The second-order valence-corrected chi connectivity index (χ2v) is 5.75. The minimum absolute atomic E-state index is 0.0554. The number of carbonyl (C=O) groups is 1. The molecule has 0 saturated carbocycles. The smallest absolute Gasteiger partial charge is 0.273 e. The molecule has 2 heterocycles. The Labute approximate surface area is 150 Å². The molecule has 0 spiro atoms. The van der Waals surface area contributed by atoms with Gasteiger partial charge in [0.2, 0.25) is 5.91 Å². The van der Waals surface area contributed by atoms with Gasteiger partial charge in [-0.1, -0.05) is 24.3 Å². The Bertz CT molecular complexity index is 879. The summed E-state index contributed by atoms with van der Waals surface area (Å²) >= 11 is 0. The largest absolute Gasteiger partial charge is 0.467 e. The Hall–Kier alpha value is -3.48. The average molecular weight is 351 g/mol. The maximum absolute atomic E-state index is 12.9. The summed E-state index contributed by atoms with van der Waals surface area (Å²) < 4.78 is 5.35. The predicted octanol–water partition coefficient (Wildman–Crippen LogP) is 3.35. The van der Waals surface area contributed by atoms with E-state index in [2.05, 4.69) is 4.98 Å². The predicted molar refractivity (Wildman–Crippen MR) is 94.0 cm³/mol. The highest BCUT2D eigenvalue weighted by atomic mass is 16.6. The summed E-state index contributed by atoms with van der Waals surface area (Å²) in [7, 11) is 0. The first-order valence-corrected chi connectivity index (χ1v) is 8.05. The molecule has 0 saturated heterocycles. The third-order valence-electron chi connectivity index (χ3n) is 3.91. The van der Waals surface area contributed by atoms with Crippen molar-refractivity contribution >= 4 is 11.6 Å². The van der Waals surface area contributed by atoms with Gasteiger partial charge >= 0.3 is 0 Å². The van der Waals surface area contributed by atoms with Crippen LogP contribution in [-0.2, 0) is 24.3 Å². The number of pyridine rings is 1. The van der Waals surface area contributed by atoms with Gasteiger partial charge in [0.05, 0.1) is 24.2 Å². The standard InChI is InChI=1S/C19H17N3O4/c23-19(11-16-6-1-2-8-18(16)22(24)25)21(14-17-7-4-10-26-17)13-15-5-3-9-20-12-15/h1-10,12H,11,13-14H2. The van der Waals surface area contributed by atoms with Gasteiger partial charge in [0.25, 0.3) is 5.69 Å². The summed E-state index contributed by atoms with van der Waals surface area (Å²) in [6.07, 6.45) is 4.84. The minimum Gasteiger partial charge on any atom is -0.467 e. The van der Waals surface area contributed by atoms with Crippen LogP contribution >= 0.6 is 0 Å². The van der Waals surface area contributed by atoms with E-state index in [1.165, 1.54) is 6.07 Å². The van der Waals surface area contributed by atoms with E-state index < -0.39 is 4.92 Å². The van der Waals surface area contributed by atoms with Crippen molar-refractivity contribution < 1.29 is 14.1 Å². The molecule has 7 heteroatoms. The highest BCUT2D eigenvalue weighted by Crippen LogP contribution is 2.20. The first-order valence-electron chi connectivity index (χ1n) is 8.05. The van der Waals surface area contributed by atoms with E-state index in [9.17, 15) is 14.9 Å². The molecule has 0 aliphatic carbocycles. The molecule has 2 aromatic heterocycles. The summed E-state index contributed by atoms with van der Waals surface area (Å²) in [5, 5.41) is 11.2. The van der Waals surface area contributed by atoms with Crippen LogP contribution in [0.15, 0.2) is 71.6 Å². The molecule has 0 atom stereocenters. The van der Waals surface area contributed by atoms with Gasteiger partial charge in [-0.05, 0) is 23.8 Å². The lowest BCUT2D eigenvalue weighted by atomic mass is 10.1. The number of hydrogen-bond acceptors (Lipinski definition) is 5. The Morgan fingerprint density at radius 2 is 1.96 bits per heavy atom. The third kappa shape index (κ3) is 4.32. The molecule has 3 rings (SSSR count). The first-order chi connectivity index (χ1) is 12.6. The number of nitro groups is 1. The number of furan rings is 1. The summed E-state index contributed by atoms with van der Waals surface area (Å²) in [5.74, 6) is 0.421. The second-order valence-electron chi connectivity index (χ2n) is 5.75. The van der Waals surface area contributed by atoms with Crippen LogP contribution in [0.2, 0.25) is 0 Å².